The molecule has 0 fully saturated rings. The Morgan fingerprint density at radius 1 is 1.64 bits per heavy atom. The number of carbonyl (C=O) groups is 1. The number of imidazole rings is 1. The molecule has 116 valence electrons. The van der Waals surface area contributed by atoms with Crippen molar-refractivity contribution in [3.8, 4) is 6.07 Å². The molecule has 0 aromatic carbocycles. The molecule has 6 nitrogen and oxygen atoms in total. The van der Waals surface area contributed by atoms with Crippen molar-refractivity contribution < 1.29 is 4.79 Å². The molecule has 2 aromatic rings. The Labute approximate surface area is 137 Å². The van der Waals surface area contributed by atoms with Crippen molar-refractivity contribution in [2.75, 3.05) is 5.75 Å². The van der Waals surface area contributed by atoms with Gasteiger partial charge in [0, 0.05) is 6.20 Å². The molecule has 2 aromatic heterocycles. The standard InChI is InChI=1S/C14H16ClN5OS/c1-8(2)14(3,7-16)20-11(21)6-22-13-18-10-4-9(15)5-17-12(10)19-13/h4-5,8H,6H2,1-3H3,(H,20,21)(H,17,18,19)/t14-/m1/s1. The van der Waals surface area contributed by atoms with Gasteiger partial charge >= 0.3 is 0 Å². The number of hydrogen-bond donors (Lipinski definition) is 2. The number of hydrogen-bond acceptors (Lipinski definition) is 5. The number of halogens is 1. The SMILES string of the molecule is CC(C)[C@@](C)(C#N)NC(=O)CSc1nc2ncc(Cl)cc2[nH]1. The summed E-state index contributed by atoms with van der Waals surface area (Å²) < 4.78 is 0. The minimum atomic E-state index is -0.874. The van der Waals surface area contributed by atoms with Gasteiger partial charge in [-0.1, -0.05) is 37.2 Å². The highest BCUT2D eigenvalue weighted by Gasteiger charge is 2.29. The fraction of sp³-hybridized carbons (Fsp3) is 0.429. The number of aromatic amines is 1. The lowest BCUT2D eigenvalue weighted by molar-refractivity contribution is -0.120. The maximum atomic E-state index is 12.0. The van der Waals surface area contributed by atoms with Crippen LogP contribution in [-0.2, 0) is 4.79 Å². The predicted octanol–water partition coefficient (Wildman–Crippen LogP) is 2.76. The molecular weight excluding hydrogens is 322 g/mol. The Morgan fingerprint density at radius 2 is 2.36 bits per heavy atom. The largest absolute Gasteiger partial charge is 0.337 e. The highest BCUT2D eigenvalue weighted by Crippen LogP contribution is 2.21. The van der Waals surface area contributed by atoms with E-state index < -0.39 is 5.54 Å². The van der Waals surface area contributed by atoms with Gasteiger partial charge in [0.25, 0.3) is 0 Å². The van der Waals surface area contributed by atoms with Crippen LogP contribution in [0.1, 0.15) is 20.8 Å². The van der Waals surface area contributed by atoms with E-state index in [0.717, 1.165) is 5.52 Å². The first kappa shape index (κ1) is 16.6. The van der Waals surface area contributed by atoms with Gasteiger partial charge in [0.1, 0.15) is 5.54 Å². The van der Waals surface area contributed by atoms with Crippen LogP contribution in [0.4, 0.5) is 0 Å². The van der Waals surface area contributed by atoms with E-state index in [1.165, 1.54) is 18.0 Å². The topological polar surface area (TPSA) is 94.5 Å². The van der Waals surface area contributed by atoms with Gasteiger partial charge in [0.2, 0.25) is 5.91 Å². The minimum absolute atomic E-state index is 0.0176. The van der Waals surface area contributed by atoms with Crippen molar-refractivity contribution in [2.45, 2.75) is 31.5 Å². The van der Waals surface area contributed by atoms with Crippen molar-refractivity contribution in [3.63, 3.8) is 0 Å². The second kappa shape index (κ2) is 6.55. The second-order valence-electron chi connectivity index (χ2n) is 5.37. The van der Waals surface area contributed by atoms with Crippen LogP contribution in [0.5, 0.6) is 0 Å². The smallest absolute Gasteiger partial charge is 0.231 e. The summed E-state index contributed by atoms with van der Waals surface area (Å²) in [6, 6.07) is 3.87. The number of rotatable bonds is 5. The van der Waals surface area contributed by atoms with Gasteiger partial charge < -0.3 is 10.3 Å². The fourth-order valence-corrected chi connectivity index (χ4v) is 2.51. The van der Waals surface area contributed by atoms with Gasteiger partial charge in [-0.15, -0.1) is 0 Å². The van der Waals surface area contributed by atoms with Crippen LogP contribution in [0.25, 0.3) is 11.2 Å². The third-order valence-corrected chi connectivity index (χ3v) is 4.49. The Balaban J connectivity index is 1.99. The lowest BCUT2D eigenvalue weighted by Gasteiger charge is -2.27. The monoisotopic (exact) mass is 337 g/mol. The first-order valence-corrected chi connectivity index (χ1v) is 8.07. The second-order valence-corrected chi connectivity index (χ2v) is 6.77. The first-order valence-electron chi connectivity index (χ1n) is 6.70. The third-order valence-electron chi connectivity index (χ3n) is 3.41. The van der Waals surface area contributed by atoms with Crippen LogP contribution in [0.3, 0.4) is 0 Å². The summed E-state index contributed by atoms with van der Waals surface area (Å²) in [6.07, 6.45) is 1.52. The van der Waals surface area contributed by atoms with E-state index in [2.05, 4.69) is 26.3 Å². The Morgan fingerprint density at radius 3 is 3.00 bits per heavy atom. The molecule has 0 aliphatic heterocycles. The zero-order valence-electron chi connectivity index (χ0n) is 12.5. The fourth-order valence-electron chi connectivity index (χ4n) is 1.68. The van der Waals surface area contributed by atoms with Gasteiger partial charge in [-0.3, -0.25) is 4.79 Å². The van der Waals surface area contributed by atoms with Gasteiger partial charge in [0.15, 0.2) is 10.8 Å². The Hall–Kier alpha value is -1.78. The summed E-state index contributed by atoms with van der Waals surface area (Å²) in [7, 11) is 0. The summed E-state index contributed by atoms with van der Waals surface area (Å²) in [6.45, 7) is 5.50. The molecular formula is C14H16ClN5OS. The average Bonchev–Trinajstić information content (AvgIpc) is 2.86. The molecule has 0 saturated carbocycles. The number of H-pyrrole nitrogens is 1. The molecule has 0 unspecified atom stereocenters. The number of aromatic nitrogens is 3. The summed E-state index contributed by atoms with van der Waals surface area (Å²) in [5, 5.41) is 13.1. The minimum Gasteiger partial charge on any atom is -0.337 e. The number of nitrogens with zero attached hydrogens (tertiary/aromatic N) is 3. The van der Waals surface area contributed by atoms with E-state index in [-0.39, 0.29) is 17.6 Å². The molecule has 0 spiro atoms. The first-order chi connectivity index (χ1) is 10.3. The van der Waals surface area contributed by atoms with E-state index in [1.54, 1.807) is 13.0 Å². The van der Waals surface area contributed by atoms with Crippen LogP contribution >= 0.6 is 23.4 Å². The number of carbonyl (C=O) groups excluding carboxylic acids is 1. The molecule has 0 aliphatic carbocycles. The van der Waals surface area contributed by atoms with Crippen molar-refractivity contribution >= 4 is 40.4 Å². The van der Waals surface area contributed by atoms with Gasteiger partial charge in [0.05, 0.1) is 22.4 Å². The lowest BCUT2D eigenvalue weighted by atomic mass is 9.90. The van der Waals surface area contributed by atoms with E-state index in [0.29, 0.717) is 15.8 Å². The molecule has 2 N–H and O–H groups in total. The highest BCUT2D eigenvalue weighted by molar-refractivity contribution is 7.99. The third kappa shape index (κ3) is 3.70. The number of nitriles is 1. The van der Waals surface area contributed by atoms with Crippen LogP contribution in [0.2, 0.25) is 5.02 Å². The molecule has 2 heterocycles. The van der Waals surface area contributed by atoms with Crippen molar-refractivity contribution in [2.24, 2.45) is 5.92 Å². The van der Waals surface area contributed by atoms with Gasteiger partial charge in [-0.2, -0.15) is 5.26 Å². The van der Waals surface area contributed by atoms with Crippen LogP contribution in [0.15, 0.2) is 17.4 Å². The summed E-state index contributed by atoms with van der Waals surface area (Å²) in [4.78, 5) is 23.4. The molecule has 1 amide bonds. The number of fused-ring (bicyclic) bond motifs is 1. The van der Waals surface area contributed by atoms with Crippen molar-refractivity contribution in [1.82, 2.24) is 20.3 Å². The molecule has 8 heteroatoms. The molecule has 1 atom stereocenters. The number of amides is 1. The number of nitrogens with one attached hydrogen (secondary N) is 2. The predicted molar refractivity (Wildman–Crippen MR) is 86.6 cm³/mol. The molecule has 0 aliphatic rings. The van der Waals surface area contributed by atoms with E-state index in [1.807, 2.05) is 13.8 Å². The number of pyridine rings is 1. The maximum Gasteiger partial charge on any atom is 0.231 e. The zero-order valence-corrected chi connectivity index (χ0v) is 14.0. The molecule has 0 bridgehead atoms. The average molecular weight is 338 g/mol. The maximum absolute atomic E-state index is 12.0. The normalized spacial score (nSPS) is 13.8. The van der Waals surface area contributed by atoms with Crippen LogP contribution < -0.4 is 5.32 Å². The summed E-state index contributed by atoms with van der Waals surface area (Å²) in [5.41, 5.74) is 0.399. The lowest BCUT2D eigenvalue weighted by Crippen LogP contribution is -2.49. The quantitative estimate of drug-likeness (QED) is 0.818. The van der Waals surface area contributed by atoms with Crippen LogP contribution in [-0.4, -0.2) is 32.2 Å². The van der Waals surface area contributed by atoms with E-state index >= 15 is 0 Å². The highest BCUT2D eigenvalue weighted by atomic mass is 35.5. The van der Waals surface area contributed by atoms with Gasteiger partial charge in [-0.05, 0) is 18.9 Å². The van der Waals surface area contributed by atoms with Crippen LogP contribution in [0, 0.1) is 17.2 Å². The molecule has 0 saturated heterocycles. The molecule has 0 radical (unpaired) electrons. The summed E-state index contributed by atoms with van der Waals surface area (Å²) >= 11 is 7.11. The summed E-state index contributed by atoms with van der Waals surface area (Å²) in [5.74, 6) is -0.0319. The Kier molecular flexibility index (Phi) is 4.94. The Bertz CT molecular complexity index is 738. The zero-order chi connectivity index (χ0) is 16.3. The molecule has 22 heavy (non-hydrogen) atoms. The van der Waals surface area contributed by atoms with Crippen molar-refractivity contribution in [1.29, 1.82) is 5.26 Å². The van der Waals surface area contributed by atoms with E-state index in [9.17, 15) is 10.1 Å². The van der Waals surface area contributed by atoms with Crippen molar-refractivity contribution in [3.05, 3.63) is 17.3 Å². The van der Waals surface area contributed by atoms with Gasteiger partial charge in [-0.25, -0.2) is 9.97 Å². The van der Waals surface area contributed by atoms with E-state index in [4.69, 9.17) is 11.6 Å². The molecule has 2 rings (SSSR count). The number of thioether (sulfide) groups is 1.